The van der Waals surface area contributed by atoms with Crippen molar-refractivity contribution < 1.29 is 14.3 Å². The van der Waals surface area contributed by atoms with Crippen LogP contribution in [-0.4, -0.2) is 35.5 Å². The summed E-state index contributed by atoms with van der Waals surface area (Å²) in [5, 5.41) is 5.85. The van der Waals surface area contributed by atoms with Crippen molar-refractivity contribution in [3.63, 3.8) is 0 Å². The van der Waals surface area contributed by atoms with Gasteiger partial charge >= 0.3 is 5.97 Å². The Labute approximate surface area is 146 Å². The van der Waals surface area contributed by atoms with E-state index in [1.807, 2.05) is 0 Å². The number of anilines is 2. The van der Waals surface area contributed by atoms with Crippen molar-refractivity contribution in [3.8, 4) is 0 Å². The van der Waals surface area contributed by atoms with Gasteiger partial charge in [0, 0.05) is 12.2 Å². The van der Waals surface area contributed by atoms with Crippen molar-refractivity contribution in [2.45, 2.75) is 26.2 Å². The van der Waals surface area contributed by atoms with E-state index in [1.54, 1.807) is 24.3 Å². The van der Waals surface area contributed by atoms with E-state index in [1.165, 1.54) is 19.5 Å². The molecule has 1 amide bonds. The maximum Gasteiger partial charge on any atom is 0.337 e. The van der Waals surface area contributed by atoms with Gasteiger partial charge in [0.25, 0.3) is 5.91 Å². The molecule has 0 aliphatic heterocycles. The molecule has 2 N–H and O–H groups in total. The molecule has 0 bridgehead atoms. The topological polar surface area (TPSA) is 93.2 Å². The molecule has 0 aliphatic rings. The number of unbranched alkanes of at least 4 members (excludes halogenated alkanes) is 2. The van der Waals surface area contributed by atoms with Crippen LogP contribution in [-0.2, 0) is 4.74 Å². The van der Waals surface area contributed by atoms with Crippen molar-refractivity contribution >= 4 is 23.4 Å². The van der Waals surface area contributed by atoms with Crippen LogP contribution < -0.4 is 10.6 Å². The molecule has 0 fully saturated rings. The summed E-state index contributed by atoms with van der Waals surface area (Å²) >= 11 is 0. The minimum atomic E-state index is -0.464. The van der Waals surface area contributed by atoms with Gasteiger partial charge in [-0.3, -0.25) is 4.79 Å². The number of nitrogens with one attached hydrogen (secondary N) is 2. The van der Waals surface area contributed by atoms with E-state index < -0.39 is 11.9 Å². The molecule has 7 nitrogen and oxygen atoms in total. The number of methoxy groups -OCH3 is 1. The number of carbonyl (C=O) groups excluding carboxylic acids is 2. The van der Waals surface area contributed by atoms with E-state index in [2.05, 4.69) is 32.3 Å². The van der Waals surface area contributed by atoms with E-state index in [4.69, 9.17) is 0 Å². The van der Waals surface area contributed by atoms with Crippen LogP contribution >= 0.6 is 0 Å². The molecule has 0 radical (unpaired) electrons. The molecular formula is C18H22N4O3. The van der Waals surface area contributed by atoms with Crippen molar-refractivity contribution in [1.82, 2.24) is 9.97 Å². The Bertz CT molecular complexity index is 717. The van der Waals surface area contributed by atoms with E-state index in [0.29, 0.717) is 17.1 Å². The van der Waals surface area contributed by atoms with Gasteiger partial charge in [0.05, 0.1) is 25.1 Å². The number of rotatable bonds is 8. The zero-order valence-corrected chi connectivity index (χ0v) is 14.4. The third kappa shape index (κ3) is 5.56. The first-order chi connectivity index (χ1) is 12.1. The van der Waals surface area contributed by atoms with Crippen LogP contribution in [0.4, 0.5) is 11.5 Å². The summed E-state index contributed by atoms with van der Waals surface area (Å²) < 4.78 is 4.66. The highest BCUT2D eigenvalue weighted by Crippen LogP contribution is 2.13. The fraction of sp³-hybridized carbons (Fsp3) is 0.333. The molecule has 1 aromatic carbocycles. The van der Waals surface area contributed by atoms with Crippen molar-refractivity contribution in [3.05, 3.63) is 47.9 Å². The molecule has 2 rings (SSSR count). The highest BCUT2D eigenvalue weighted by Gasteiger charge is 2.11. The van der Waals surface area contributed by atoms with Gasteiger partial charge < -0.3 is 15.4 Å². The lowest BCUT2D eigenvalue weighted by Gasteiger charge is -2.07. The number of ether oxygens (including phenoxy) is 1. The monoisotopic (exact) mass is 342 g/mol. The molecule has 0 atom stereocenters. The van der Waals surface area contributed by atoms with Gasteiger partial charge in [-0.1, -0.05) is 25.8 Å². The second-order valence-corrected chi connectivity index (χ2v) is 5.45. The molecule has 0 aliphatic carbocycles. The summed E-state index contributed by atoms with van der Waals surface area (Å²) in [5.41, 5.74) is 1.04. The van der Waals surface area contributed by atoms with Crippen molar-refractivity contribution in [2.24, 2.45) is 0 Å². The minimum absolute atomic E-state index is 0.197. The highest BCUT2D eigenvalue weighted by molar-refractivity contribution is 6.03. The zero-order valence-electron chi connectivity index (χ0n) is 14.4. The largest absolute Gasteiger partial charge is 0.465 e. The van der Waals surface area contributed by atoms with Gasteiger partial charge in [0.2, 0.25) is 0 Å². The highest BCUT2D eigenvalue weighted by atomic mass is 16.5. The maximum atomic E-state index is 12.2. The Balaban J connectivity index is 1.95. The Morgan fingerprint density at radius 1 is 1.16 bits per heavy atom. The zero-order chi connectivity index (χ0) is 18.1. The van der Waals surface area contributed by atoms with E-state index in [9.17, 15) is 9.59 Å². The van der Waals surface area contributed by atoms with Crippen LogP contribution in [0.5, 0.6) is 0 Å². The van der Waals surface area contributed by atoms with Crippen LogP contribution in [0.15, 0.2) is 36.7 Å². The number of hydrogen-bond acceptors (Lipinski definition) is 6. The van der Waals surface area contributed by atoms with Gasteiger partial charge in [-0.25, -0.2) is 14.8 Å². The summed E-state index contributed by atoms with van der Waals surface area (Å²) in [6.07, 6.45) is 6.33. The molecule has 0 spiro atoms. The van der Waals surface area contributed by atoms with Crippen LogP contribution in [0, 0.1) is 0 Å². The number of aromatic nitrogens is 2. The normalized spacial score (nSPS) is 10.2. The lowest BCUT2D eigenvalue weighted by molar-refractivity contribution is 0.0600. The molecule has 132 valence electrons. The molecule has 1 aromatic heterocycles. The average Bonchev–Trinajstić information content (AvgIpc) is 2.65. The summed E-state index contributed by atoms with van der Waals surface area (Å²) in [5.74, 6) is -0.221. The number of nitrogens with zero attached hydrogens (tertiary/aromatic N) is 2. The fourth-order valence-corrected chi connectivity index (χ4v) is 2.16. The van der Waals surface area contributed by atoms with Gasteiger partial charge in [-0.05, 0) is 24.6 Å². The van der Waals surface area contributed by atoms with E-state index in [-0.39, 0.29) is 5.69 Å². The lowest BCUT2D eigenvalue weighted by Crippen LogP contribution is -2.15. The number of amides is 1. The molecular weight excluding hydrogens is 320 g/mol. The molecule has 2 aromatic rings. The van der Waals surface area contributed by atoms with Crippen LogP contribution in [0.2, 0.25) is 0 Å². The molecule has 1 heterocycles. The first-order valence-electron chi connectivity index (χ1n) is 8.19. The van der Waals surface area contributed by atoms with Gasteiger partial charge in [0.1, 0.15) is 11.5 Å². The number of benzene rings is 1. The van der Waals surface area contributed by atoms with E-state index in [0.717, 1.165) is 25.8 Å². The Kier molecular flexibility index (Phi) is 6.88. The standard InChI is InChI=1S/C18H22N4O3/c1-3-4-5-9-19-16-12-20-15(11-21-16)17(23)22-14-8-6-7-13(10-14)18(24)25-2/h6-8,10-12H,3-5,9H2,1-2H3,(H,19,21)(H,22,23). The second-order valence-electron chi connectivity index (χ2n) is 5.45. The molecule has 0 unspecified atom stereocenters. The Morgan fingerprint density at radius 3 is 2.68 bits per heavy atom. The lowest BCUT2D eigenvalue weighted by atomic mass is 10.2. The average molecular weight is 342 g/mol. The van der Waals surface area contributed by atoms with Crippen molar-refractivity contribution in [2.75, 3.05) is 24.3 Å². The predicted molar refractivity (Wildman–Crippen MR) is 95.8 cm³/mol. The number of esters is 1. The minimum Gasteiger partial charge on any atom is -0.465 e. The third-order valence-corrected chi connectivity index (χ3v) is 3.51. The van der Waals surface area contributed by atoms with Gasteiger partial charge in [-0.15, -0.1) is 0 Å². The number of hydrogen-bond donors (Lipinski definition) is 2. The summed E-state index contributed by atoms with van der Waals surface area (Å²) in [4.78, 5) is 32.1. The molecule has 0 saturated carbocycles. The van der Waals surface area contributed by atoms with Gasteiger partial charge in [-0.2, -0.15) is 0 Å². The predicted octanol–water partition coefficient (Wildman–Crippen LogP) is 3.12. The van der Waals surface area contributed by atoms with Crippen molar-refractivity contribution in [1.29, 1.82) is 0 Å². The molecule has 0 saturated heterocycles. The van der Waals surface area contributed by atoms with Crippen LogP contribution in [0.3, 0.4) is 0 Å². The number of carbonyl (C=O) groups is 2. The smallest absolute Gasteiger partial charge is 0.337 e. The summed E-state index contributed by atoms with van der Waals surface area (Å²) in [6.45, 7) is 2.97. The van der Waals surface area contributed by atoms with Crippen LogP contribution in [0.1, 0.15) is 47.0 Å². The Morgan fingerprint density at radius 2 is 2.00 bits per heavy atom. The quantitative estimate of drug-likeness (QED) is 0.565. The SMILES string of the molecule is CCCCCNc1cnc(C(=O)Nc2cccc(C(=O)OC)c2)cn1. The summed E-state index contributed by atoms with van der Waals surface area (Å²) in [7, 11) is 1.31. The summed E-state index contributed by atoms with van der Waals surface area (Å²) in [6, 6.07) is 6.50. The first kappa shape index (κ1) is 18.4. The maximum absolute atomic E-state index is 12.2. The molecule has 7 heteroatoms. The molecule has 25 heavy (non-hydrogen) atoms. The third-order valence-electron chi connectivity index (χ3n) is 3.51. The fourth-order valence-electron chi connectivity index (χ4n) is 2.16. The second kappa shape index (κ2) is 9.36. The van der Waals surface area contributed by atoms with Gasteiger partial charge in [0.15, 0.2) is 0 Å². The first-order valence-corrected chi connectivity index (χ1v) is 8.19. The van der Waals surface area contributed by atoms with E-state index >= 15 is 0 Å². The Hall–Kier alpha value is -2.96. The van der Waals surface area contributed by atoms with Crippen LogP contribution in [0.25, 0.3) is 0 Å².